The van der Waals surface area contributed by atoms with Gasteiger partial charge in [0, 0.05) is 18.8 Å². The van der Waals surface area contributed by atoms with Crippen LogP contribution in [0.3, 0.4) is 0 Å². The molecule has 1 N–H and O–H groups in total. The summed E-state index contributed by atoms with van der Waals surface area (Å²) in [6.45, 7) is 2.93. The molecule has 1 atom stereocenters. The van der Waals surface area contributed by atoms with Crippen molar-refractivity contribution in [3.63, 3.8) is 0 Å². The fourth-order valence-corrected chi connectivity index (χ4v) is 2.04. The highest BCUT2D eigenvalue weighted by molar-refractivity contribution is 5.97. The third kappa shape index (κ3) is 4.19. The molecular weight excluding hydrogens is 333 g/mol. The molecule has 1 unspecified atom stereocenters. The maximum absolute atomic E-state index is 13.5. The minimum absolute atomic E-state index is 0.0623. The maximum Gasteiger partial charge on any atom is 0.355 e. The molecule has 1 aromatic carbocycles. The molecule has 1 amide bonds. The zero-order valence-corrected chi connectivity index (χ0v) is 13.8. The summed E-state index contributed by atoms with van der Waals surface area (Å²) in [6, 6.07) is 5.24. The number of anilines is 1. The van der Waals surface area contributed by atoms with Gasteiger partial charge in [-0.2, -0.15) is 0 Å². The molecule has 0 aliphatic carbocycles. The number of carbonyl (C=O) groups is 2. The van der Waals surface area contributed by atoms with Crippen molar-refractivity contribution in [2.45, 2.75) is 20.0 Å². The Balaban J connectivity index is 2.04. The highest BCUT2D eigenvalue weighted by Crippen LogP contribution is 2.17. The number of ether oxygens (including phenoxy) is 1. The Kier molecular flexibility index (Phi) is 5.16. The lowest BCUT2D eigenvalue weighted by atomic mass is 10.2. The van der Waals surface area contributed by atoms with Crippen LogP contribution < -0.4 is 5.32 Å². The topological polar surface area (TPSA) is 103 Å². The van der Waals surface area contributed by atoms with Crippen LogP contribution in [0.25, 0.3) is 0 Å². The van der Waals surface area contributed by atoms with Gasteiger partial charge in [-0.25, -0.2) is 9.18 Å². The molecule has 0 aliphatic rings. The number of rotatable bonds is 5. The summed E-state index contributed by atoms with van der Waals surface area (Å²) >= 11 is 0. The predicted molar refractivity (Wildman–Crippen MR) is 86.7 cm³/mol. The first kappa shape index (κ1) is 18.1. The average Bonchev–Trinajstić information content (AvgIpc) is 2.93. The Morgan fingerprint density at radius 2 is 2.04 bits per heavy atom. The molecule has 1 heterocycles. The molecule has 0 saturated heterocycles. The van der Waals surface area contributed by atoms with Crippen molar-refractivity contribution < 1.29 is 23.6 Å². The first-order valence-corrected chi connectivity index (χ1v) is 7.27. The number of nitro groups is 1. The number of benzene rings is 1. The molecule has 8 nitrogen and oxygen atoms in total. The second-order valence-electron chi connectivity index (χ2n) is 5.45. The molecule has 0 saturated carbocycles. The zero-order chi connectivity index (χ0) is 18.7. The van der Waals surface area contributed by atoms with Gasteiger partial charge in [0.05, 0.1) is 11.1 Å². The van der Waals surface area contributed by atoms with Crippen molar-refractivity contribution in [1.82, 2.24) is 4.57 Å². The van der Waals surface area contributed by atoms with Gasteiger partial charge in [-0.1, -0.05) is 6.07 Å². The first-order valence-electron chi connectivity index (χ1n) is 7.27. The van der Waals surface area contributed by atoms with E-state index >= 15 is 0 Å². The maximum atomic E-state index is 13.5. The van der Waals surface area contributed by atoms with Crippen LogP contribution in [0.2, 0.25) is 0 Å². The molecule has 0 bridgehead atoms. The van der Waals surface area contributed by atoms with Crippen LogP contribution in [0.5, 0.6) is 0 Å². The van der Waals surface area contributed by atoms with Gasteiger partial charge in [-0.3, -0.25) is 14.9 Å². The van der Waals surface area contributed by atoms with E-state index in [2.05, 4.69) is 5.32 Å². The number of aromatic nitrogens is 1. The number of hydrogen-bond acceptors (Lipinski definition) is 5. The van der Waals surface area contributed by atoms with Gasteiger partial charge in [-0.05, 0) is 31.5 Å². The first-order chi connectivity index (χ1) is 11.7. The van der Waals surface area contributed by atoms with Crippen LogP contribution in [0, 0.1) is 22.9 Å². The van der Waals surface area contributed by atoms with Gasteiger partial charge in [0.2, 0.25) is 0 Å². The number of hydrogen-bond donors (Lipinski definition) is 1. The lowest BCUT2D eigenvalue weighted by molar-refractivity contribution is -0.384. The second kappa shape index (κ2) is 7.12. The summed E-state index contributed by atoms with van der Waals surface area (Å²) < 4.78 is 19.7. The van der Waals surface area contributed by atoms with E-state index in [1.165, 1.54) is 30.7 Å². The summed E-state index contributed by atoms with van der Waals surface area (Å²) in [6.07, 6.45) is -0.0121. The Bertz CT molecular complexity index is 846. The van der Waals surface area contributed by atoms with E-state index in [9.17, 15) is 24.1 Å². The largest absolute Gasteiger partial charge is 0.448 e. The molecule has 2 rings (SSSR count). The molecule has 0 spiro atoms. The van der Waals surface area contributed by atoms with E-state index in [0.29, 0.717) is 5.56 Å². The fraction of sp³-hybridized carbons (Fsp3) is 0.250. The van der Waals surface area contributed by atoms with E-state index in [1.54, 1.807) is 6.92 Å². The normalized spacial score (nSPS) is 11.7. The van der Waals surface area contributed by atoms with Gasteiger partial charge in [-0.15, -0.1) is 0 Å². The van der Waals surface area contributed by atoms with Crippen molar-refractivity contribution >= 4 is 23.3 Å². The molecule has 132 valence electrons. The number of esters is 1. The number of nitrogens with zero attached hydrogens (tertiary/aromatic N) is 2. The zero-order valence-electron chi connectivity index (χ0n) is 13.8. The molecule has 0 aliphatic heterocycles. The van der Waals surface area contributed by atoms with E-state index < -0.39 is 28.7 Å². The molecular formula is C16H16FN3O5. The lowest BCUT2D eigenvalue weighted by Crippen LogP contribution is -2.30. The number of halogens is 1. The van der Waals surface area contributed by atoms with Crippen LogP contribution in [-0.4, -0.2) is 27.5 Å². The van der Waals surface area contributed by atoms with Gasteiger partial charge in [0.15, 0.2) is 6.10 Å². The highest BCUT2D eigenvalue weighted by atomic mass is 19.1. The third-order valence-electron chi connectivity index (χ3n) is 3.50. The van der Waals surface area contributed by atoms with Crippen molar-refractivity contribution in [2.24, 2.45) is 7.05 Å². The molecule has 0 radical (unpaired) electrons. The standard InChI is InChI=1S/C16H16FN3O5/c1-9-4-5-11(6-13(9)17)18-15(21)10(2)25-16(22)14-7-12(20(23)24)8-19(14)3/h4-8,10H,1-3H3,(H,18,21). The van der Waals surface area contributed by atoms with Crippen LogP contribution >= 0.6 is 0 Å². The Morgan fingerprint density at radius 1 is 1.36 bits per heavy atom. The average molecular weight is 349 g/mol. The van der Waals surface area contributed by atoms with Crippen LogP contribution in [0.1, 0.15) is 23.0 Å². The summed E-state index contributed by atoms with van der Waals surface area (Å²) in [5.74, 6) is -2.01. The fourth-order valence-electron chi connectivity index (χ4n) is 2.04. The number of nitrogens with one attached hydrogen (secondary N) is 1. The molecule has 2 aromatic rings. The predicted octanol–water partition coefficient (Wildman–Crippen LogP) is 2.56. The monoisotopic (exact) mass is 349 g/mol. The smallest absolute Gasteiger partial charge is 0.355 e. The molecule has 1 aromatic heterocycles. The SMILES string of the molecule is Cc1ccc(NC(=O)C(C)OC(=O)c2cc([N+](=O)[O-])cn2C)cc1F. The quantitative estimate of drug-likeness (QED) is 0.507. The highest BCUT2D eigenvalue weighted by Gasteiger charge is 2.23. The minimum Gasteiger partial charge on any atom is -0.448 e. The van der Waals surface area contributed by atoms with Gasteiger partial charge >= 0.3 is 5.97 Å². The van der Waals surface area contributed by atoms with Crippen LogP contribution in [0.15, 0.2) is 30.5 Å². The summed E-state index contributed by atoms with van der Waals surface area (Å²) in [7, 11) is 1.45. The molecule has 0 fully saturated rings. The minimum atomic E-state index is -1.18. The van der Waals surface area contributed by atoms with Gasteiger partial charge in [0.25, 0.3) is 11.6 Å². The van der Waals surface area contributed by atoms with Crippen molar-refractivity contribution in [2.75, 3.05) is 5.32 Å². The Hall–Kier alpha value is -3.23. The van der Waals surface area contributed by atoms with E-state index in [0.717, 1.165) is 18.3 Å². The van der Waals surface area contributed by atoms with Gasteiger partial charge in [0.1, 0.15) is 11.5 Å². The lowest BCUT2D eigenvalue weighted by Gasteiger charge is -2.14. The second-order valence-corrected chi connectivity index (χ2v) is 5.45. The Morgan fingerprint density at radius 3 is 2.60 bits per heavy atom. The number of aryl methyl sites for hydroxylation is 2. The molecule has 9 heteroatoms. The molecule has 25 heavy (non-hydrogen) atoms. The van der Waals surface area contributed by atoms with E-state index in [-0.39, 0.29) is 17.1 Å². The van der Waals surface area contributed by atoms with E-state index in [4.69, 9.17) is 4.74 Å². The Labute approximate surface area is 142 Å². The van der Waals surface area contributed by atoms with Crippen LogP contribution in [0.4, 0.5) is 15.8 Å². The van der Waals surface area contributed by atoms with Crippen molar-refractivity contribution in [3.8, 4) is 0 Å². The van der Waals surface area contributed by atoms with Gasteiger partial charge < -0.3 is 14.6 Å². The van der Waals surface area contributed by atoms with E-state index in [1.807, 2.05) is 0 Å². The summed E-state index contributed by atoms with van der Waals surface area (Å²) in [5, 5.41) is 13.2. The summed E-state index contributed by atoms with van der Waals surface area (Å²) in [5.41, 5.74) is 0.336. The van der Waals surface area contributed by atoms with Crippen molar-refractivity contribution in [3.05, 3.63) is 57.7 Å². The van der Waals surface area contributed by atoms with Crippen LogP contribution in [-0.2, 0) is 16.6 Å². The third-order valence-corrected chi connectivity index (χ3v) is 3.50. The van der Waals surface area contributed by atoms with Crippen molar-refractivity contribution in [1.29, 1.82) is 0 Å². The number of amides is 1. The number of carbonyl (C=O) groups excluding carboxylic acids is 2. The summed E-state index contributed by atoms with van der Waals surface area (Å²) in [4.78, 5) is 34.2.